The van der Waals surface area contributed by atoms with Crippen molar-refractivity contribution >= 4 is 51.4 Å². The number of nitrogens with zero attached hydrogens (tertiary/aromatic N) is 3. The number of nitrogens with one attached hydrogen (secondary N) is 1. The van der Waals surface area contributed by atoms with Crippen molar-refractivity contribution < 1.29 is 4.79 Å². The first-order valence-corrected chi connectivity index (χ1v) is 7.48. The maximum Gasteiger partial charge on any atom is 0.234 e. The molecule has 6 nitrogen and oxygen atoms in total. The van der Waals surface area contributed by atoms with Crippen molar-refractivity contribution in [2.45, 2.75) is 4.34 Å². The van der Waals surface area contributed by atoms with Gasteiger partial charge in [-0.3, -0.25) is 4.79 Å². The van der Waals surface area contributed by atoms with Gasteiger partial charge in [0.05, 0.1) is 16.3 Å². The number of benzene rings is 1. The summed E-state index contributed by atoms with van der Waals surface area (Å²) in [5, 5.41) is 19.6. The molecular weight excluding hydrogens is 318 g/mol. The minimum Gasteiger partial charge on any atom is -0.374 e. The van der Waals surface area contributed by atoms with Crippen LogP contribution in [0.4, 0.5) is 10.8 Å². The molecule has 0 fully saturated rings. The van der Waals surface area contributed by atoms with Gasteiger partial charge in [-0.15, -0.1) is 10.2 Å². The molecular formula is C11H8ClN5OS2. The minimum absolute atomic E-state index is 0.187. The molecule has 2 rings (SSSR count). The Morgan fingerprint density at radius 1 is 1.55 bits per heavy atom. The number of nitrogens with two attached hydrogens (primary N) is 1. The molecule has 20 heavy (non-hydrogen) atoms. The van der Waals surface area contributed by atoms with Crippen LogP contribution in [0.1, 0.15) is 5.56 Å². The molecule has 1 aromatic heterocycles. The molecule has 1 aromatic carbocycles. The molecule has 1 heterocycles. The molecule has 0 unspecified atom stereocenters. The number of hydrogen-bond donors (Lipinski definition) is 2. The summed E-state index contributed by atoms with van der Waals surface area (Å²) in [6, 6.07) is 6.66. The van der Waals surface area contributed by atoms with Crippen molar-refractivity contribution in [1.82, 2.24) is 10.2 Å². The van der Waals surface area contributed by atoms with Crippen molar-refractivity contribution in [2.75, 3.05) is 16.8 Å². The highest BCUT2D eigenvalue weighted by Crippen LogP contribution is 2.24. The fraction of sp³-hybridized carbons (Fsp3) is 0.0909. The van der Waals surface area contributed by atoms with Gasteiger partial charge in [0, 0.05) is 5.69 Å². The summed E-state index contributed by atoms with van der Waals surface area (Å²) >= 11 is 8.35. The second-order valence-electron chi connectivity index (χ2n) is 3.55. The van der Waals surface area contributed by atoms with Crippen LogP contribution in [0, 0.1) is 11.3 Å². The largest absolute Gasteiger partial charge is 0.374 e. The molecule has 0 saturated carbocycles. The Labute approximate surface area is 128 Å². The standard InChI is InChI=1S/C11H8ClN5OS2/c12-8-3-7(2-1-6(8)4-13)15-9(18)5-19-11-17-16-10(14)20-11/h1-3H,5H2,(H2,14,16)(H,15,18). The summed E-state index contributed by atoms with van der Waals surface area (Å²) in [6.45, 7) is 0. The summed E-state index contributed by atoms with van der Waals surface area (Å²) in [4.78, 5) is 11.7. The minimum atomic E-state index is -0.204. The predicted molar refractivity (Wildman–Crippen MR) is 79.8 cm³/mol. The van der Waals surface area contributed by atoms with Crippen LogP contribution in [0.3, 0.4) is 0 Å². The Balaban J connectivity index is 1.91. The zero-order chi connectivity index (χ0) is 14.5. The lowest BCUT2D eigenvalue weighted by Gasteiger charge is -2.05. The van der Waals surface area contributed by atoms with E-state index < -0.39 is 0 Å². The quantitative estimate of drug-likeness (QED) is 0.836. The van der Waals surface area contributed by atoms with E-state index in [-0.39, 0.29) is 11.7 Å². The number of nitrogen functional groups attached to an aromatic ring is 1. The molecule has 9 heteroatoms. The monoisotopic (exact) mass is 325 g/mol. The maximum atomic E-state index is 11.7. The summed E-state index contributed by atoms with van der Waals surface area (Å²) in [5.74, 6) is -0.0174. The van der Waals surface area contributed by atoms with Crippen LogP contribution in [-0.4, -0.2) is 21.9 Å². The average molecular weight is 326 g/mol. The zero-order valence-corrected chi connectivity index (χ0v) is 12.3. The third kappa shape index (κ3) is 3.84. The highest BCUT2D eigenvalue weighted by atomic mass is 35.5. The van der Waals surface area contributed by atoms with Crippen LogP contribution in [0.5, 0.6) is 0 Å². The van der Waals surface area contributed by atoms with Gasteiger partial charge < -0.3 is 11.1 Å². The highest BCUT2D eigenvalue weighted by molar-refractivity contribution is 8.01. The second-order valence-corrected chi connectivity index (χ2v) is 6.19. The summed E-state index contributed by atoms with van der Waals surface area (Å²) in [5.41, 5.74) is 6.35. The van der Waals surface area contributed by atoms with Gasteiger partial charge in [-0.2, -0.15) is 5.26 Å². The number of anilines is 2. The molecule has 3 N–H and O–H groups in total. The molecule has 0 aliphatic heterocycles. The van der Waals surface area contributed by atoms with Gasteiger partial charge in [0.1, 0.15) is 6.07 Å². The molecule has 1 amide bonds. The molecule has 2 aromatic rings. The van der Waals surface area contributed by atoms with E-state index in [1.807, 2.05) is 6.07 Å². The third-order valence-electron chi connectivity index (χ3n) is 2.12. The number of nitriles is 1. The Morgan fingerprint density at radius 2 is 2.35 bits per heavy atom. The third-order valence-corrected chi connectivity index (χ3v) is 4.32. The van der Waals surface area contributed by atoms with Crippen LogP contribution in [0.15, 0.2) is 22.5 Å². The van der Waals surface area contributed by atoms with E-state index in [4.69, 9.17) is 22.6 Å². The normalized spacial score (nSPS) is 10.0. The van der Waals surface area contributed by atoms with Crippen molar-refractivity contribution in [3.8, 4) is 6.07 Å². The van der Waals surface area contributed by atoms with E-state index in [0.717, 1.165) is 0 Å². The van der Waals surface area contributed by atoms with Gasteiger partial charge in [-0.1, -0.05) is 34.7 Å². The Hall–Kier alpha value is -1.82. The van der Waals surface area contributed by atoms with Gasteiger partial charge in [0.25, 0.3) is 0 Å². The van der Waals surface area contributed by atoms with Crippen LogP contribution in [0.2, 0.25) is 5.02 Å². The van der Waals surface area contributed by atoms with Crippen LogP contribution < -0.4 is 11.1 Å². The Kier molecular flexibility index (Phi) is 4.79. The van der Waals surface area contributed by atoms with Crippen molar-refractivity contribution in [3.63, 3.8) is 0 Å². The Morgan fingerprint density at radius 3 is 2.95 bits per heavy atom. The van der Waals surface area contributed by atoms with Crippen molar-refractivity contribution in [3.05, 3.63) is 28.8 Å². The number of rotatable bonds is 4. The first kappa shape index (κ1) is 14.6. The molecule has 0 spiro atoms. The van der Waals surface area contributed by atoms with Crippen LogP contribution in [-0.2, 0) is 4.79 Å². The Bertz CT molecular complexity index is 682. The van der Waals surface area contributed by atoms with Crippen LogP contribution >= 0.6 is 34.7 Å². The molecule has 0 atom stereocenters. The lowest BCUT2D eigenvalue weighted by Crippen LogP contribution is -2.13. The molecule has 102 valence electrons. The fourth-order valence-electron chi connectivity index (χ4n) is 1.29. The molecule has 0 radical (unpaired) electrons. The predicted octanol–water partition coefficient (Wildman–Crippen LogP) is 2.38. The van der Waals surface area contributed by atoms with E-state index in [2.05, 4.69) is 15.5 Å². The lowest BCUT2D eigenvalue weighted by atomic mass is 10.2. The smallest absolute Gasteiger partial charge is 0.234 e. The van der Waals surface area contributed by atoms with Crippen molar-refractivity contribution in [2.24, 2.45) is 0 Å². The van der Waals surface area contributed by atoms with Gasteiger partial charge in [-0.05, 0) is 18.2 Å². The fourth-order valence-corrected chi connectivity index (χ4v) is 2.95. The van der Waals surface area contributed by atoms with Gasteiger partial charge in [-0.25, -0.2) is 0 Å². The topological polar surface area (TPSA) is 105 Å². The number of aromatic nitrogens is 2. The first-order chi connectivity index (χ1) is 9.58. The number of amides is 1. The SMILES string of the molecule is N#Cc1ccc(NC(=O)CSc2nnc(N)s2)cc1Cl. The van der Waals surface area contributed by atoms with E-state index in [1.54, 1.807) is 12.1 Å². The molecule has 0 saturated heterocycles. The van der Waals surface area contributed by atoms with Crippen molar-refractivity contribution in [1.29, 1.82) is 5.26 Å². The summed E-state index contributed by atoms with van der Waals surface area (Å²) in [6.07, 6.45) is 0. The number of hydrogen-bond acceptors (Lipinski definition) is 7. The number of carbonyl (C=O) groups is 1. The van der Waals surface area contributed by atoms with E-state index >= 15 is 0 Å². The van der Waals surface area contributed by atoms with Gasteiger partial charge >= 0.3 is 0 Å². The van der Waals surface area contributed by atoms with E-state index in [1.165, 1.54) is 29.2 Å². The van der Waals surface area contributed by atoms with E-state index in [0.29, 0.717) is 25.7 Å². The molecule has 0 aliphatic rings. The first-order valence-electron chi connectivity index (χ1n) is 5.30. The number of carbonyl (C=O) groups excluding carboxylic acids is 1. The van der Waals surface area contributed by atoms with E-state index in [9.17, 15) is 4.79 Å². The van der Waals surface area contributed by atoms with Gasteiger partial charge in [0.2, 0.25) is 11.0 Å². The maximum absolute atomic E-state index is 11.7. The molecule has 0 bridgehead atoms. The number of thioether (sulfide) groups is 1. The zero-order valence-electron chi connectivity index (χ0n) is 9.96. The molecule has 0 aliphatic carbocycles. The van der Waals surface area contributed by atoms with Gasteiger partial charge in [0.15, 0.2) is 4.34 Å². The van der Waals surface area contributed by atoms with Crippen LogP contribution in [0.25, 0.3) is 0 Å². The second kappa shape index (κ2) is 6.56. The lowest BCUT2D eigenvalue weighted by molar-refractivity contribution is -0.113. The average Bonchev–Trinajstić information content (AvgIpc) is 2.82. The number of halogens is 1. The highest BCUT2D eigenvalue weighted by Gasteiger charge is 2.08. The summed E-state index contributed by atoms with van der Waals surface area (Å²) in [7, 11) is 0. The summed E-state index contributed by atoms with van der Waals surface area (Å²) < 4.78 is 0.635.